The number of phosphoric acid groups is 2. The average molecular weight is 1030 g/mol. The molecule has 0 aromatic carbocycles. The maximum atomic E-state index is 13.0. The summed E-state index contributed by atoms with van der Waals surface area (Å²) in [6.45, 7) is 2.80. The van der Waals surface area contributed by atoms with E-state index < -0.39 is 83.5 Å². The molecule has 0 aliphatic heterocycles. The molecule has 17 nitrogen and oxygen atoms in total. The zero-order chi connectivity index (χ0) is 51.9. The number of esters is 2. The lowest BCUT2D eigenvalue weighted by molar-refractivity contribution is -0.216. The van der Waals surface area contributed by atoms with E-state index in [4.69, 9.17) is 18.5 Å². The molecule has 7 N–H and O–H groups in total. The minimum atomic E-state index is -5.39. The summed E-state index contributed by atoms with van der Waals surface area (Å²) in [6, 6.07) is 0. The minimum Gasteiger partial charge on any atom is -0.462 e. The van der Waals surface area contributed by atoms with Gasteiger partial charge in [-0.05, 0) is 83.1 Å². The van der Waals surface area contributed by atoms with E-state index in [1.165, 1.54) is 19.3 Å². The summed E-state index contributed by atoms with van der Waals surface area (Å²) < 4.78 is 49.2. The van der Waals surface area contributed by atoms with Gasteiger partial charge in [0.2, 0.25) is 0 Å². The smallest absolute Gasteiger partial charge is 0.462 e. The maximum absolute atomic E-state index is 13.0. The van der Waals surface area contributed by atoms with Gasteiger partial charge in [0, 0.05) is 19.3 Å². The molecule has 0 radical (unpaired) electrons. The van der Waals surface area contributed by atoms with Gasteiger partial charge < -0.3 is 44.6 Å². The second kappa shape index (κ2) is 39.9. The average Bonchev–Trinajstić information content (AvgIpc) is 3.31. The maximum Gasteiger partial charge on any atom is 0.472 e. The van der Waals surface area contributed by atoms with E-state index in [9.17, 15) is 58.6 Å². The summed E-state index contributed by atoms with van der Waals surface area (Å²) in [5, 5.41) is 41.2. The van der Waals surface area contributed by atoms with Crippen LogP contribution >= 0.6 is 15.6 Å². The molecule has 1 aliphatic rings. The van der Waals surface area contributed by atoms with Crippen LogP contribution in [0.25, 0.3) is 0 Å². The summed E-state index contributed by atoms with van der Waals surface area (Å²) in [6.07, 6.45) is 34.7. The molecule has 396 valence electrons. The summed E-state index contributed by atoms with van der Waals surface area (Å²) in [4.78, 5) is 66.0. The predicted molar refractivity (Wildman–Crippen MR) is 269 cm³/mol. The molecule has 0 saturated heterocycles. The highest BCUT2D eigenvalue weighted by molar-refractivity contribution is 7.47. The molecule has 1 aliphatic carbocycles. The number of ketones is 1. The van der Waals surface area contributed by atoms with Crippen LogP contribution in [0.1, 0.15) is 136 Å². The first-order valence-corrected chi connectivity index (χ1v) is 27.4. The van der Waals surface area contributed by atoms with Crippen LogP contribution in [0.2, 0.25) is 0 Å². The number of hydrogen-bond donors (Lipinski definition) is 7. The van der Waals surface area contributed by atoms with E-state index in [0.29, 0.717) is 44.9 Å². The third-order valence-electron chi connectivity index (χ3n) is 10.3. The fourth-order valence-electron chi connectivity index (χ4n) is 6.48. The number of phosphoric ester groups is 2. The fourth-order valence-corrected chi connectivity index (χ4v) is 8.02. The first-order valence-electron chi connectivity index (χ1n) is 24.4. The van der Waals surface area contributed by atoms with Gasteiger partial charge in [-0.15, -0.1) is 0 Å². The molecule has 0 aromatic rings. The lowest BCUT2D eigenvalue weighted by atomic mass is 9.85. The van der Waals surface area contributed by atoms with Gasteiger partial charge in [-0.2, -0.15) is 0 Å². The Kier molecular flexibility index (Phi) is 36.7. The van der Waals surface area contributed by atoms with Crippen molar-refractivity contribution in [2.75, 3.05) is 13.2 Å². The van der Waals surface area contributed by atoms with Gasteiger partial charge in [-0.3, -0.25) is 28.0 Å². The molecule has 0 aromatic heterocycles. The summed E-state index contributed by atoms with van der Waals surface area (Å²) in [7, 11) is -10.8. The number of unbranched alkanes of at least 4 members (excludes halogenated alkanes) is 6. The molecule has 0 heterocycles. The van der Waals surface area contributed by atoms with E-state index in [-0.39, 0.29) is 18.6 Å². The first-order chi connectivity index (χ1) is 33.5. The second-order valence-corrected chi connectivity index (χ2v) is 19.1. The number of allylic oxidation sites excluding steroid dienone is 18. The van der Waals surface area contributed by atoms with Crippen LogP contribution in [0.4, 0.5) is 0 Å². The van der Waals surface area contributed by atoms with Gasteiger partial charge in [0.05, 0.1) is 6.61 Å². The Bertz CT molecular complexity index is 1830. The number of rotatable bonds is 39. The van der Waals surface area contributed by atoms with Crippen LogP contribution in [-0.4, -0.2) is 109 Å². The normalized spacial score (nSPS) is 21.8. The quantitative estimate of drug-likeness (QED) is 0.00756. The van der Waals surface area contributed by atoms with Crippen molar-refractivity contribution < 1.29 is 81.7 Å². The van der Waals surface area contributed by atoms with Gasteiger partial charge in [-0.25, -0.2) is 9.13 Å². The lowest BCUT2D eigenvalue weighted by Crippen LogP contribution is -2.64. The molecule has 8 atom stereocenters. The second-order valence-electron chi connectivity index (χ2n) is 16.5. The molecule has 19 heteroatoms. The Hall–Kier alpha value is -3.67. The molecular formula is C51H80O17P2. The number of aliphatic hydroxyl groups excluding tert-OH is 4. The highest BCUT2D eigenvalue weighted by Crippen LogP contribution is 2.49. The standard InChI is InChI=1S/C51H80O17P2/c1-3-5-7-8-9-10-11-12-13-14-15-16-17-18-21-24-27-30-34-38-44(53)64-40-43(41-65-70(62,63)68-51-48(57)46(55)47(56)50(49(51)58)67-69(59,60)61)66-45(54)39-35-31-28-25-22-19-20-23-26-29-33-37-42(52)36-32-6-4-2/h9-10,12-13,15-16,18-21,25-30,33,37,43,46-51,55-58H,3-8,11,14,17,22-24,31-32,34-36,38-41H2,1-2H3,(H,62,63)(H2,59,60,61)/b10-9-,13-12-,16-15-,20-19-,21-18-,28-25-,29-26-,30-27-,37-33+/t43-,46?,47?,48?,49?,50-,51+/m1/s1. The van der Waals surface area contributed by atoms with Crippen molar-refractivity contribution in [1.82, 2.24) is 0 Å². The van der Waals surface area contributed by atoms with Crippen LogP contribution in [0.15, 0.2) is 109 Å². The zero-order valence-electron chi connectivity index (χ0n) is 40.9. The minimum absolute atomic E-state index is 0.0330. The molecule has 1 saturated carbocycles. The van der Waals surface area contributed by atoms with Crippen LogP contribution in [-0.2, 0) is 46.6 Å². The third-order valence-corrected chi connectivity index (χ3v) is 11.8. The first kappa shape index (κ1) is 64.3. The van der Waals surface area contributed by atoms with Crippen LogP contribution in [0.3, 0.4) is 0 Å². The van der Waals surface area contributed by atoms with Crippen molar-refractivity contribution in [2.45, 2.75) is 179 Å². The van der Waals surface area contributed by atoms with Gasteiger partial charge in [0.15, 0.2) is 11.9 Å². The van der Waals surface area contributed by atoms with Crippen LogP contribution in [0.5, 0.6) is 0 Å². The number of ether oxygens (including phenoxy) is 2. The fraction of sp³-hybridized carbons (Fsp3) is 0.588. The van der Waals surface area contributed by atoms with E-state index >= 15 is 0 Å². The molecule has 0 bridgehead atoms. The Morgan fingerprint density at radius 1 is 0.500 bits per heavy atom. The van der Waals surface area contributed by atoms with Crippen molar-refractivity contribution in [1.29, 1.82) is 0 Å². The summed E-state index contributed by atoms with van der Waals surface area (Å²) in [5.41, 5.74) is 0. The van der Waals surface area contributed by atoms with E-state index in [2.05, 4.69) is 54.8 Å². The topological polar surface area (TPSA) is 273 Å². The Balaban J connectivity index is 2.70. The number of carbonyl (C=O) groups excluding carboxylic acids is 3. The van der Waals surface area contributed by atoms with Crippen molar-refractivity contribution in [2.24, 2.45) is 0 Å². The van der Waals surface area contributed by atoms with Gasteiger partial charge in [-0.1, -0.05) is 143 Å². The molecule has 1 rings (SSSR count). The summed E-state index contributed by atoms with van der Waals surface area (Å²) in [5.74, 6) is -1.30. The number of hydrogen-bond acceptors (Lipinski definition) is 14. The molecule has 70 heavy (non-hydrogen) atoms. The van der Waals surface area contributed by atoms with Gasteiger partial charge in [0.25, 0.3) is 0 Å². The molecule has 5 unspecified atom stereocenters. The van der Waals surface area contributed by atoms with Crippen molar-refractivity contribution in [3.8, 4) is 0 Å². The molecule has 0 spiro atoms. The molecule has 1 fully saturated rings. The Morgan fingerprint density at radius 3 is 1.53 bits per heavy atom. The highest BCUT2D eigenvalue weighted by atomic mass is 31.2. The summed E-state index contributed by atoms with van der Waals surface area (Å²) >= 11 is 0. The van der Waals surface area contributed by atoms with E-state index in [0.717, 1.165) is 44.9 Å². The van der Waals surface area contributed by atoms with Gasteiger partial charge in [0.1, 0.15) is 43.2 Å². The predicted octanol–water partition coefficient (Wildman–Crippen LogP) is 8.91. The van der Waals surface area contributed by atoms with Gasteiger partial charge >= 0.3 is 27.6 Å². The largest absolute Gasteiger partial charge is 0.472 e. The van der Waals surface area contributed by atoms with E-state index in [1.807, 2.05) is 60.8 Å². The van der Waals surface area contributed by atoms with Crippen molar-refractivity contribution >= 4 is 33.4 Å². The van der Waals surface area contributed by atoms with Crippen molar-refractivity contribution in [3.05, 3.63) is 109 Å². The molecule has 0 amide bonds. The molecular weight excluding hydrogens is 946 g/mol. The SMILES string of the molecule is CCCCC/C=C\C/C=C\C/C=C\C/C=C\C/C=C\CCC(=O)OC[C@H](COP(=O)(O)O[C@H]1C(O)C(O)C(O)[C@@H](OP(=O)(O)O)C1O)OC(=O)CCC/C=C\C/C=C\C/C=C\C=C\C(=O)CCCCC. The Labute approximate surface area is 414 Å². The van der Waals surface area contributed by atoms with Crippen LogP contribution < -0.4 is 0 Å². The van der Waals surface area contributed by atoms with Crippen molar-refractivity contribution in [3.63, 3.8) is 0 Å². The Morgan fingerprint density at radius 2 is 0.986 bits per heavy atom. The zero-order valence-corrected chi connectivity index (χ0v) is 42.7. The number of aliphatic hydroxyl groups is 4. The highest BCUT2D eigenvalue weighted by Gasteiger charge is 2.54. The number of carbonyl (C=O) groups is 3. The monoisotopic (exact) mass is 1030 g/mol. The lowest BCUT2D eigenvalue weighted by Gasteiger charge is -2.43. The van der Waals surface area contributed by atoms with E-state index in [1.54, 1.807) is 12.2 Å². The third kappa shape index (κ3) is 33.8. The van der Waals surface area contributed by atoms with Crippen LogP contribution in [0, 0.1) is 0 Å².